The maximum atomic E-state index is 12.9. The first-order valence-corrected chi connectivity index (χ1v) is 8.97. The topological polar surface area (TPSA) is 118 Å². The average molecular weight is 437 g/mol. The zero-order valence-corrected chi connectivity index (χ0v) is 15.8. The number of aliphatic carboxylic acids is 1. The van der Waals surface area contributed by atoms with Gasteiger partial charge in [-0.25, -0.2) is 0 Å². The number of amides is 1. The monoisotopic (exact) mass is 436 g/mol. The van der Waals surface area contributed by atoms with E-state index in [0.29, 0.717) is 24.3 Å². The number of hydrogen-bond acceptors (Lipinski definition) is 5. The third-order valence-electron chi connectivity index (χ3n) is 4.27. The molecule has 1 aromatic carbocycles. The Morgan fingerprint density at radius 3 is 2.63 bits per heavy atom. The van der Waals surface area contributed by atoms with E-state index in [1.807, 2.05) is 24.3 Å². The van der Waals surface area contributed by atoms with Crippen LogP contribution in [0, 0.1) is 0 Å². The largest absolute Gasteiger partial charge is 0.507 e. The molecular formula is C18H17BrN2O6. The molecular weight excluding hydrogens is 420 g/mol. The van der Waals surface area contributed by atoms with Crippen molar-refractivity contribution in [3.8, 4) is 5.75 Å². The molecule has 142 valence electrons. The highest BCUT2D eigenvalue weighted by Crippen LogP contribution is 2.28. The van der Waals surface area contributed by atoms with Crippen LogP contribution in [0.1, 0.15) is 27.2 Å². The molecule has 0 atom stereocenters. The Bertz CT molecular complexity index is 952. The fraction of sp³-hybridized carbons (Fsp3) is 0.278. The van der Waals surface area contributed by atoms with Crippen molar-refractivity contribution in [3.63, 3.8) is 0 Å². The number of halogens is 1. The van der Waals surface area contributed by atoms with Gasteiger partial charge in [0.1, 0.15) is 17.9 Å². The predicted octanol–water partition coefficient (Wildman–Crippen LogP) is 1.25. The molecule has 0 unspecified atom stereocenters. The van der Waals surface area contributed by atoms with Crippen molar-refractivity contribution in [3.05, 3.63) is 61.5 Å². The number of aromatic hydroxyl groups is 1. The smallest absolute Gasteiger partial charge is 0.322 e. The molecule has 3 N–H and O–H groups in total. The molecule has 0 radical (unpaired) electrons. The first kappa shape index (κ1) is 19.1. The molecule has 27 heavy (non-hydrogen) atoms. The van der Waals surface area contributed by atoms with Gasteiger partial charge < -0.3 is 24.8 Å². The summed E-state index contributed by atoms with van der Waals surface area (Å²) in [6, 6.07) is 7.35. The predicted molar refractivity (Wildman–Crippen MR) is 98.9 cm³/mol. The van der Waals surface area contributed by atoms with E-state index in [9.17, 15) is 19.5 Å². The van der Waals surface area contributed by atoms with Gasteiger partial charge in [0.05, 0.1) is 25.5 Å². The third kappa shape index (κ3) is 4.04. The van der Waals surface area contributed by atoms with Crippen molar-refractivity contribution in [1.82, 2.24) is 9.88 Å². The van der Waals surface area contributed by atoms with Crippen LogP contribution in [-0.4, -0.2) is 39.8 Å². The second kappa shape index (κ2) is 7.93. The van der Waals surface area contributed by atoms with Gasteiger partial charge in [-0.1, -0.05) is 28.1 Å². The van der Waals surface area contributed by atoms with Crippen LogP contribution in [-0.2, 0) is 29.1 Å². The molecule has 0 saturated heterocycles. The molecule has 2 aromatic rings. The summed E-state index contributed by atoms with van der Waals surface area (Å²) in [5.41, 5.74) is 0.673. The minimum atomic E-state index is -1.25. The number of rotatable bonds is 5. The molecule has 0 saturated carbocycles. The number of benzene rings is 1. The highest BCUT2D eigenvalue weighted by molar-refractivity contribution is 9.10. The Balaban J connectivity index is 2.09. The van der Waals surface area contributed by atoms with E-state index in [0.717, 1.165) is 10.0 Å². The number of nitrogens with one attached hydrogen (secondary N) is 1. The van der Waals surface area contributed by atoms with Crippen molar-refractivity contribution in [2.45, 2.75) is 19.6 Å². The number of carboxylic acids is 1. The molecule has 1 amide bonds. The van der Waals surface area contributed by atoms with E-state index in [1.54, 1.807) is 0 Å². The molecule has 0 fully saturated rings. The third-order valence-corrected chi connectivity index (χ3v) is 4.80. The standard InChI is InChI=1S/C18H17BrN2O6/c19-11-3-1-10(2-4-11)8-21-13-9-27-6-5-12(13)16(24)15(18(21)26)17(25)20-7-14(22)23/h1-4,24H,5-9H2,(H,20,25)(H,22,23). The van der Waals surface area contributed by atoms with Crippen LogP contribution >= 0.6 is 15.9 Å². The Labute approximate surface area is 162 Å². The van der Waals surface area contributed by atoms with E-state index < -0.39 is 35.3 Å². The highest BCUT2D eigenvalue weighted by atomic mass is 79.9. The van der Waals surface area contributed by atoms with Crippen molar-refractivity contribution < 1.29 is 24.5 Å². The lowest BCUT2D eigenvalue weighted by Crippen LogP contribution is -2.38. The molecule has 8 nitrogen and oxygen atoms in total. The summed E-state index contributed by atoms with van der Waals surface area (Å²) in [6.07, 6.45) is 0.348. The highest BCUT2D eigenvalue weighted by Gasteiger charge is 2.27. The molecule has 1 aliphatic rings. The summed E-state index contributed by atoms with van der Waals surface area (Å²) in [7, 11) is 0. The van der Waals surface area contributed by atoms with Gasteiger partial charge in [0.2, 0.25) is 0 Å². The van der Waals surface area contributed by atoms with E-state index in [-0.39, 0.29) is 13.2 Å². The van der Waals surface area contributed by atoms with Crippen LogP contribution in [0.2, 0.25) is 0 Å². The maximum absolute atomic E-state index is 12.9. The minimum absolute atomic E-state index is 0.145. The van der Waals surface area contributed by atoms with E-state index in [2.05, 4.69) is 21.2 Å². The molecule has 1 aliphatic heterocycles. The maximum Gasteiger partial charge on any atom is 0.322 e. The number of aromatic nitrogens is 1. The Kier molecular flexibility index (Phi) is 5.62. The van der Waals surface area contributed by atoms with Crippen molar-refractivity contribution in [1.29, 1.82) is 0 Å². The number of carbonyl (C=O) groups excluding carboxylic acids is 1. The first-order valence-electron chi connectivity index (χ1n) is 8.18. The molecule has 0 aliphatic carbocycles. The van der Waals surface area contributed by atoms with Crippen molar-refractivity contribution in [2.75, 3.05) is 13.2 Å². The normalized spacial score (nSPS) is 13.1. The molecule has 3 rings (SSSR count). The minimum Gasteiger partial charge on any atom is -0.507 e. The number of fused-ring (bicyclic) bond motifs is 1. The van der Waals surface area contributed by atoms with Crippen LogP contribution in [0.15, 0.2) is 33.5 Å². The van der Waals surface area contributed by atoms with Crippen LogP contribution in [0.5, 0.6) is 5.75 Å². The fourth-order valence-corrected chi connectivity index (χ4v) is 3.23. The summed E-state index contributed by atoms with van der Waals surface area (Å²) < 4.78 is 7.71. The van der Waals surface area contributed by atoms with Crippen LogP contribution in [0.25, 0.3) is 0 Å². The molecule has 0 spiro atoms. The van der Waals surface area contributed by atoms with Gasteiger partial charge in [0.25, 0.3) is 11.5 Å². The zero-order valence-electron chi connectivity index (χ0n) is 14.2. The summed E-state index contributed by atoms with van der Waals surface area (Å²) in [4.78, 5) is 36.0. The van der Waals surface area contributed by atoms with Gasteiger partial charge in [-0.2, -0.15) is 0 Å². The number of ether oxygens (including phenoxy) is 1. The van der Waals surface area contributed by atoms with Gasteiger partial charge in [-0.3, -0.25) is 14.4 Å². The quantitative estimate of drug-likeness (QED) is 0.648. The summed E-state index contributed by atoms with van der Waals surface area (Å²) >= 11 is 3.35. The second-order valence-corrected chi connectivity index (χ2v) is 6.96. The SMILES string of the molecule is O=C(O)CNC(=O)c1c(O)c2c(n(Cc3ccc(Br)cc3)c1=O)COCC2. The van der Waals surface area contributed by atoms with Gasteiger partial charge in [-0.15, -0.1) is 0 Å². The molecule has 9 heteroatoms. The summed E-state index contributed by atoms with van der Waals surface area (Å²) in [5.74, 6) is -2.57. The second-order valence-electron chi connectivity index (χ2n) is 6.05. The van der Waals surface area contributed by atoms with E-state index >= 15 is 0 Å². The Hall–Kier alpha value is -2.65. The lowest BCUT2D eigenvalue weighted by atomic mass is 10.0. The number of pyridine rings is 1. The molecule has 1 aromatic heterocycles. The molecule has 0 bridgehead atoms. The van der Waals surface area contributed by atoms with Crippen LogP contribution in [0.4, 0.5) is 0 Å². The van der Waals surface area contributed by atoms with Crippen LogP contribution < -0.4 is 10.9 Å². The van der Waals surface area contributed by atoms with E-state index in [4.69, 9.17) is 9.84 Å². The average Bonchev–Trinajstić information content (AvgIpc) is 2.65. The first-order chi connectivity index (χ1) is 12.9. The Morgan fingerprint density at radius 1 is 1.26 bits per heavy atom. The number of nitrogens with zero attached hydrogens (tertiary/aromatic N) is 1. The lowest BCUT2D eigenvalue weighted by molar-refractivity contribution is -0.135. The number of carbonyl (C=O) groups is 2. The van der Waals surface area contributed by atoms with Gasteiger partial charge in [0, 0.05) is 16.5 Å². The van der Waals surface area contributed by atoms with Crippen molar-refractivity contribution >= 4 is 27.8 Å². The van der Waals surface area contributed by atoms with Crippen molar-refractivity contribution in [2.24, 2.45) is 0 Å². The van der Waals surface area contributed by atoms with E-state index in [1.165, 1.54) is 4.57 Å². The summed E-state index contributed by atoms with van der Waals surface area (Å²) in [6.45, 7) is 0.0425. The van der Waals surface area contributed by atoms with Gasteiger partial charge >= 0.3 is 5.97 Å². The van der Waals surface area contributed by atoms with Gasteiger partial charge in [0.15, 0.2) is 0 Å². The number of hydrogen-bond donors (Lipinski definition) is 3. The lowest BCUT2D eigenvalue weighted by Gasteiger charge is -2.24. The fourth-order valence-electron chi connectivity index (χ4n) is 2.97. The zero-order chi connectivity index (χ0) is 19.6. The molecule has 2 heterocycles. The Morgan fingerprint density at radius 2 is 1.96 bits per heavy atom. The van der Waals surface area contributed by atoms with Gasteiger partial charge in [-0.05, 0) is 17.7 Å². The summed E-state index contributed by atoms with van der Waals surface area (Å²) in [5, 5.41) is 21.4. The number of carboxylic acid groups (broad SMARTS) is 1. The van der Waals surface area contributed by atoms with Crippen LogP contribution in [0.3, 0.4) is 0 Å².